The van der Waals surface area contributed by atoms with E-state index in [9.17, 15) is 9.59 Å². The molecular formula is C27H21Br2N3O2. The highest BCUT2D eigenvalue weighted by Crippen LogP contribution is 2.41. The number of nitrogens with zero attached hydrogens (tertiary/aromatic N) is 3. The highest BCUT2D eigenvalue weighted by Gasteiger charge is 2.39. The van der Waals surface area contributed by atoms with Crippen molar-refractivity contribution in [2.75, 3.05) is 0 Å². The normalized spacial score (nSPS) is 21.8. The Hall–Kier alpha value is -2.90. The van der Waals surface area contributed by atoms with Gasteiger partial charge in [0.15, 0.2) is 0 Å². The van der Waals surface area contributed by atoms with Gasteiger partial charge in [0.2, 0.25) is 5.91 Å². The van der Waals surface area contributed by atoms with Gasteiger partial charge in [0.25, 0.3) is 5.91 Å². The second-order valence-electron chi connectivity index (χ2n) is 8.27. The van der Waals surface area contributed by atoms with Gasteiger partial charge >= 0.3 is 0 Å². The Labute approximate surface area is 214 Å². The summed E-state index contributed by atoms with van der Waals surface area (Å²) in [4.78, 5) is 30.7. The third-order valence-electron chi connectivity index (χ3n) is 6.18. The molecule has 5 nitrogen and oxygen atoms in total. The maximum Gasteiger partial charge on any atom is 0.279 e. The van der Waals surface area contributed by atoms with Crippen LogP contribution in [0.5, 0.6) is 0 Å². The van der Waals surface area contributed by atoms with Crippen LogP contribution in [0.1, 0.15) is 36.9 Å². The molecule has 2 amide bonds. The molecule has 2 atom stereocenters. The van der Waals surface area contributed by atoms with Gasteiger partial charge in [-0.1, -0.05) is 87.3 Å². The van der Waals surface area contributed by atoms with Crippen LogP contribution in [0.25, 0.3) is 5.57 Å². The Morgan fingerprint density at radius 2 is 1.79 bits per heavy atom. The molecular weight excluding hydrogens is 558 g/mol. The molecule has 0 fully saturated rings. The van der Waals surface area contributed by atoms with Crippen LogP contribution in [0.15, 0.2) is 97.4 Å². The van der Waals surface area contributed by atoms with Crippen molar-refractivity contribution in [3.8, 4) is 0 Å². The monoisotopic (exact) mass is 577 g/mol. The van der Waals surface area contributed by atoms with E-state index in [2.05, 4.69) is 42.9 Å². The zero-order valence-corrected chi connectivity index (χ0v) is 21.6. The Bertz CT molecular complexity index is 1320. The summed E-state index contributed by atoms with van der Waals surface area (Å²) in [6.07, 6.45) is 6.61. The van der Waals surface area contributed by atoms with E-state index in [1.807, 2.05) is 73.7 Å². The van der Waals surface area contributed by atoms with Crippen LogP contribution in [0.2, 0.25) is 0 Å². The maximum atomic E-state index is 13.4. The summed E-state index contributed by atoms with van der Waals surface area (Å²) < 4.78 is 1.90. The maximum absolute atomic E-state index is 13.4. The van der Waals surface area contributed by atoms with Crippen LogP contribution in [-0.2, 0) is 9.59 Å². The number of aliphatic imine (C=N–C) groups is 1. The first-order chi connectivity index (χ1) is 16.5. The van der Waals surface area contributed by atoms with Crippen molar-refractivity contribution in [2.45, 2.75) is 25.8 Å². The van der Waals surface area contributed by atoms with Crippen LogP contribution < -0.4 is 0 Å². The van der Waals surface area contributed by atoms with Gasteiger partial charge in [-0.3, -0.25) is 9.59 Å². The molecule has 0 aromatic heterocycles. The van der Waals surface area contributed by atoms with Crippen LogP contribution in [0.3, 0.4) is 0 Å². The number of rotatable bonds is 4. The van der Waals surface area contributed by atoms with Crippen molar-refractivity contribution in [2.24, 2.45) is 16.0 Å². The number of hydrazone groups is 1. The number of dihydropyridines is 1. The second-order valence-corrected chi connectivity index (χ2v) is 10.1. The molecule has 0 saturated carbocycles. The van der Waals surface area contributed by atoms with Gasteiger partial charge in [-0.25, -0.2) is 10.0 Å². The molecule has 5 rings (SSSR count). The van der Waals surface area contributed by atoms with Gasteiger partial charge < -0.3 is 0 Å². The van der Waals surface area contributed by atoms with Crippen molar-refractivity contribution in [3.05, 3.63) is 98.5 Å². The van der Waals surface area contributed by atoms with Gasteiger partial charge in [-0.15, -0.1) is 0 Å². The lowest BCUT2D eigenvalue weighted by Crippen LogP contribution is -2.27. The Balaban J connectivity index is 1.66. The van der Waals surface area contributed by atoms with E-state index in [4.69, 9.17) is 5.10 Å². The molecule has 2 unspecified atom stereocenters. The van der Waals surface area contributed by atoms with Crippen molar-refractivity contribution in [3.63, 3.8) is 0 Å². The first kappa shape index (κ1) is 22.9. The van der Waals surface area contributed by atoms with Gasteiger partial charge in [-0.2, -0.15) is 5.10 Å². The minimum Gasteiger partial charge on any atom is -0.273 e. The molecule has 0 N–H and O–H groups in total. The summed E-state index contributed by atoms with van der Waals surface area (Å²) in [6, 6.07) is 17.5. The molecule has 170 valence electrons. The number of hydrogen-bond acceptors (Lipinski definition) is 3. The molecule has 1 aliphatic carbocycles. The molecule has 0 radical (unpaired) electrons. The van der Waals surface area contributed by atoms with Crippen LogP contribution in [0, 0.1) is 5.92 Å². The minimum atomic E-state index is -0.319. The number of amides is 2. The smallest absolute Gasteiger partial charge is 0.273 e. The highest BCUT2D eigenvalue weighted by molar-refractivity contribution is 9.12. The fourth-order valence-corrected chi connectivity index (χ4v) is 5.23. The molecule has 2 heterocycles. The Morgan fingerprint density at radius 3 is 2.50 bits per heavy atom. The van der Waals surface area contributed by atoms with Gasteiger partial charge in [0, 0.05) is 27.7 Å². The van der Waals surface area contributed by atoms with E-state index in [1.54, 1.807) is 0 Å². The van der Waals surface area contributed by atoms with E-state index < -0.39 is 0 Å². The Morgan fingerprint density at radius 1 is 1.06 bits per heavy atom. The number of hydrogen-bond donors (Lipinski definition) is 0. The number of fused-ring (bicyclic) bond motifs is 1. The lowest BCUT2D eigenvalue weighted by molar-refractivity contribution is -0.132. The molecule has 0 bridgehead atoms. The lowest BCUT2D eigenvalue weighted by atomic mass is 9.79. The van der Waals surface area contributed by atoms with Crippen molar-refractivity contribution < 1.29 is 9.59 Å². The average Bonchev–Trinajstić information content (AvgIpc) is 3.29. The molecule has 2 aromatic carbocycles. The average molecular weight is 579 g/mol. The first-order valence-corrected chi connectivity index (χ1v) is 12.7. The predicted molar refractivity (Wildman–Crippen MR) is 142 cm³/mol. The quantitative estimate of drug-likeness (QED) is 0.422. The van der Waals surface area contributed by atoms with Gasteiger partial charge in [0.05, 0.1) is 23.0 Å². The van der Waals surface area contributed by atoms with E-state index in [0.717, 1.165) is 25.7 Å². The largest absolute Gasteiger partial charge is 0.279 e. The number of allylic oxidation sites excluding steroid dienone is 5. The molecule has 3 aliphatic rings. The second kappa shape index (κ2) is 9.39. The summed E-state index contributed by atoms with van der Waals surface area (Å²) in [5, 5.41) is 6.27. The van der Waals surface area contributed by atoms with E-state index in [-0.39, 0.29) is 23.8 Å². The molecule has 34 heavy (non-hydrogen) atoms. The summed E-state index contributed by atoms with van der Waals surface area (Å²) in [5.41, 5.74) is 4.58. The van der Waals surface area contributed by atoms with Crippen LogP contribution >= 0.6 is 31.9 Å². The first-order valence-electron chi connectivity index (χ1n) is 11.1. The number of halogens is 2. The van der Waals surface area contributed by atoms with E-state index in [1.165, 1.54) is 5.01 Å². The summed E-state index contributed by atoms with van der Waals surface area (Å²) in [6.45, 7) is 1.82. The molecule has 2 aromatic rings. The topological polar surface area (TPSA) is 62.1 Å². The minimum absolute atomic E-state index is 0.0829. The van der Waals surface area contributed by atoms with Crippen LogP contribution in [-0.4, -0.2) is 28.2 Å². The fraction of sp³-hybridized carbons (Fsp3) is 0.185. The third-order valence-corrected chi connectivity index (χ3v) is 7.24. The van der Waals surface area contributed by atoms with Crippen molar-refractivity contribution in [1.82, 2.24) is 5.01 Å². The molecule has 2 aliphatic heterocycles. The van der Waals surface area contributed by atoms with Gasteiger partial charge in [0.1, 0.15) is 0 Å². The van der Waals surface area contributed by atoms with Crippen molar-refractivity contribution >= 4 is 60.7 Å². The SMILES string of the molecule is CCC(=O)N1N=C(C2=C(c3ccccc3)C3C=C(Br)C=CC3=NC2=O)CC1c1ccc(Br)cc1. The fourth-order valence-electron chi connectivity index (χ4n) is 4.57. The third kappa shape index (κ3) is 4.18. The summed E-state index contributed by atoms with van der Waals surface area (Å²) >= 11 is 7.05. The standard InChI is InChI=1S/C27H21Br2N3O2/c1-2-24(33)32-23(16-8-10-18(28)11-9-16)15-22(31-32)26-25(17-6-4-3-5-7-17)20-14-19(29)12-13-21(20)30-27(26)34/h3-14,20,23H,2,15H2,1H3. The summed E-state index contributed by atoms with van der Waals surface area (Å²) in [5.74, 6) is -0.583. The molecule has 0 saturated heterocycles. The zero-order valence-electron chi connectivity index (χ0n) is 18.4. The lowest BCUT2D eigenvalue weighted by Gasteiger charge is -2.27. The van der Waals surface area contributed by atoms with E-state index in [0.29, 0.717) is 29.8 Å². The number of carbonyl (C=O) groups excluding carboxylic acids is 2. The number of benzene rings is 2. The molecule has 0 spiro atoms. The number of carbonyl (C=O) groups is 2. The van der Waals surface area contributed by atoms with E-state index >= 15 is 0 Å². The van der Waals surface area contributed by atoms with Gasteiger partial charge in [-0.05, 0) is 41.0 Å². The zero-order chi connectivity index (χ0) is 23.8. The van der Waals surface area contributed by atoms with Crippen LogP contribution in [0.4, 0.5) is 0 Å². The predicted octanol–water partition coefficient (Wildman–Crippen LogP) is 6.39. The highest BCUT2D eigenvalue weighted by atomic mass is 79.9. The van der Waals surface area contributed by atoms with Crippen molar-refractivity contribution in [1.29, 1.82) is 0 Å². The Kier molecular flexibility index (Phi) is 6.32. The molecule has 7 heteroatoms. The summed E-state index contributed by atoms with van der Waals surface area (Å²) in [7, 11) is 0.